The van der Waals surface area contributed by atoms with Crippen molar-refractivity contribution in [2.24, 2.45) is 7.05 Å². The first-order chi connectivity index (χ1) is 10.2. The van der Waals surface area contributed by atoms with Crippen molar-refractivity contribution in [3.05, 3.63) is 65.9 Å². The zero-order valence-corrected chi connectivity index (χ0v) is 12.1. The molecule has 0 saturated heterocycles. The third-order valence-electron chi connectivity index (χ3n) is 3.62. The van der Waals surface area contributed by atoms with Gasteiger partial charge in [-0.25, -0.2) is 0 Å². The lowest BCUT2D eigenvalue weighted by molar-refractivity contribution is 0.0935. The third kappa shape index (κ3) is 2.52. The van der Waals surface area contributed by atoms with Gasteiger partial charge in [-0.1, -0.05) is 48.5 Å². The maximum atomic E-state index is 12.5. The first-order valence-electron chi connectivity index (χ1n) is 6.94. The number of amides is 1. The highest BCUT2D eigenvalue weighted by molar-refractivity contribution is 6.04. The van der Waals surface area contributed by atoms with Crippen LogP contribution in [0.25, 0.3) is 10.9 Å². The number of benzene rings is 2. The summed E-state index contributed by atoms with van der Waals surface area (Å²) in [7, 11) is 1.85. The van der Waals surface area contributed by atoms with E-state index in [1.807, 2.05) is 68.6 Å². The lowest BCUT2D eigenvalue weighted by Gasteiger charge is -2.13. The number of para-hydroxylation sites is 1. The highest BCUT2D eigenvalue weighted by Gasteiger charge is 2.17. The molecule has 0 aliphatic heterocycles. The molecule has 4 nitrogen and oxygen atoms in total. The lowest BCUT2D eigenvalue weighted by atomic mass is 10.1. The molecule has 0 aliphatic carbocycles. The topological polar surface area (TPSA) is 46.9 Å². The fourth-order valence-corrected chi connectivity index (χ4v) is 2.47. The van der Waals surface area contributed by atoms with Gasteiger partial charge in [-0.05, 0) is 18.6 Å². The molecule has 3 aromatic rings. The second kappa shape index (κ2) is 5.40. The Balaban J connectivity index is 1.88. The molecule has 1 aromatic heterocycles. The van der Waals surface area contributed by atoms with Crippen LogP contribution in [-0.4, -0.2) is 15.7 Å². The second-order valence-electron chi connectivity index (χ2n) is 5.10. The largest absolute Gasteiger partial charge is 0.344 e. The van der Waals surface area contributed by atoms with E-state index in [2.05, 4.69) is 10.4 Å². The molecule has 1 atom stereocenters. The zero-order chi connectivity index (χ0) is 14.8. The summed E-state index contributed by atoms with van der Waals surface area (Å²) in [5, 5.41) is 8.22. The van der Waals surface area contributed by atoms with Gasteiger partial charge in [-0.3, -0.25) is 9.48 Å². The van der Waals surface area contributed by atoms with Crippen molar-refractivity contribution in [3.63, 3.8) is 0 Å². The van der Waals surface area contributed by atoms with E-state index in [0.717, 1.165) is 16.5 Å². The van der Waals surface area contributed by atoms with Crippen LogP contribution in [0.1, 0.15) is 29.0 Å². The molecule has 0 saturated carbocycles. The first-order valence-corrected chi connectivity index (χ1v) is 6.94. The highest BCUT2D eigenvalue weighted by atomic mass is 16.2. The molecule has 0 aliphatic rings. The van der Waals surface area contributed by atoms with Crippen LogP contribution in [0.5, 0.6) is 0 Å². The molecule has 21 heavy (non-hydrogen) atoms. The van der Waals surface area contributed by atoms with Gasteiger partial charge in [-0.15, -0.1) is 0 Å². The van der Waals surface area contributed by atoms with Gasteiger partial charge in [0.25, 0.3) is 5.91 Å². The van der Waals surface area contributed by atoms with Crippen LogP contribution < -0.4 is 5.32 Å². The number of rotatable bonds is 3. The Kier molecular flexibility index (Phi) is 3.44. The fourth-order valence-electron chi connectivity index (χ4n) is 2.47. The minimum absolute atomic E-state index is 0.0560. The number of carbonyl (C=O) groups is 1. The van der Waals surface area contributed by atoms with Crippen LogP contribution >= 0.6 is 0 Å². The van der Waals surface area contributed by atoms with Crippen molar-refractivity contribution >= 4 is 16.8 Å². The fraction of sp³-hybridized carbons (Fsp3) is 0.176. The second-order valence-corrected chi connectivity index (χ2v) is 5.10. The summed E-state index contributed by atoms with van der Waals surface area (Å²) >= 11 is 0. The van der Waals surface area contributed by atoms with E-state index in [1.165, 1.54) is 0 Å². The summed E-state index contributed by atoms with van der Waals surface area (Å²) in [6.45, 7) is 1.97. The van der Waals surface area contributed by atoms with E-state index in [4.69, 9.17) is 0 Å². The summed E-state index contributed by atoms with van der Waals surface area (Å²) in [5.74, 6) is -0.150. The smallest absolute Gasteiger partial charge is 0.272 e. The monoisotopic (exact) mass is 279 g/mol. The van der Waals surface area contributed by atoms with Gasteiger partial charge in [0, 0.05) is 12.4 Å². The van der Waals surface area contributed by atoms with Crippen LogP contribution in [0, 0.1) is 0 Å². The average Bonchev–Trinajstić information content (AvgIpc) is 2.86. The van der Waals surface area contributed by atoms with Gasteiger partial charge >= 0.3 is 0 Å². The molecule has 1 N–H and O–H groups in total. The maximum Gasteiger partial charge on any atom is 0.272 e. The molecule has 4 heteroatoms. The molecule has 1 amide bonds. The Bertz CT molecular complexity index is 777. The van der Waals surface area contributed by atoms with E-state index in [1.54, 1.807) is 4.68 Å². The van der Waals surface area contributed by atoms with Crippen molar-refractivity contribution in [3.8, 4) is 0 Å². The van der Waals surface area contributed by atoms with Crippen LogP contribution in [0.4, 0.5) is 0 Å². The lowest BCUT2D eigenvalue weighted by Crippen LogP contribution is -2.27. The summed E-state index contributed by atoms with van der Waals surface area (Å²) in [4.78, 5) is 12.5. The van der Waals surface area contributed by atoms with E-state index < -0.39 is 0 Å². The summed E-state index contributed by atoms with van der Waals surface area (Å²) < 4.78 is 1.73. The van der Waals surface area contributed by atoms with Crippen LogP contribution in [-0.2, 0) is 7.05 Å². The molecule has 0 spiro atoms. The average molecular weight is 279 g/mol. The number of fused-ring (bicyclic) bond motifs is 1. The predicted octanol–water partition coefficient (Wildman–Crippen LogP) is 3.06. The molecular formula is C17H17N3O. The molecule has 2 aromatic carbocycles. The number of carbonyl (C=O) groups excluding carboxylic acids is 1. The molecule has 1 unspecified atom stereocenters. The van der Waals surface area contributed by atoms with E-state index in [9.17, 15) is 4.79 Å². The Labute approximate surface area is 123 Å². The number of hydrogen-bond acceptors (Lipinski definition) is 2. The minimum atomic E-state index is -0.150. The zero-order valence-electron chi connectivity index (χ0n) is 12.1. The number of nitrogens with zero attached hydrogens (tertiary/aromatic N) is 2. The molecular weight excluding hydrogens is 262 g/mol. The molecule has 3 rings (SSSR count). The summed E-state index contributed by atoms with van der Waals surface area (Å²) in [6.07, 6.45) is 0. The Hall–Kier alpha value is -2.62. The highest BCUT2D eigenvalue weighted by Crippen LogP contribution is 2.19. The number of aryl methyl sites for hydroxylation is 1. The molecule has 0 bridgehead atoms. The minimum Gasteiger partial charge on any atom is -0.344 e. The Morgan fingerprint density at radius 3 is 2.52 bits per heavy atom. The summed E-state index contributed by atoms with van der Waals surface area (Å²) in [5.41, 5.74) is 2.50. The van der Waals surface area contributed by atoms with Crippen molar-refractivity contribution in [2.45, 2.75) is 13.0 Å². The molecule has 0 fully saturated rings. The summed E-state index contributed by atoms with van der Waals surface area (Å²) in [6, 6.07) is 17.6. The van der Waals surface area contributed by atoms with Gasteiger partial charge < -0.3 is 5.32 Å². The van der Waals surface area contributed by atoms with Crippen molar-refractivity contribution in [2.75, 3.05) is 0 Å². The van der Waals surface area contributed by atoms with Crippen molar-refractivity contribution in [1.82, 2.24) is 15.1 Å². The number of aromatic nitrogens is 2. The third-order valence-corrected chi connectivity index (χ3v) is 3.62. The Morgan fingerprint density at radius 2 is 1.76 bits per heavy atom. The molecule has 1 heterocycles. The van der Waals surface area contributed by atoms with E-state index >= 15 is 0 Å². The quantitative estimate of drug-likeness (QED) is 0.801. The Morgan fingerprint density at radius 1 is 1.10 bits per heavy atom. The standard InChI is InChI=1S/C17H17N3O/c1-12(13-8-4-3-5-9-13)18-17(21)16-14-10-6-7-11-15(14)20(2)19-16/h3-12H,1-2H3,(H,18,21). The van der Waals surface area contributed by atoms with Gasteiger partial charge in [0.15, 0.2) is 5.69 Å². The van der Waals surface area contributed by atoms with Crippen LogP contribution in [0.2, 0.25) is 0 Å². The van der Waals surface area contributed by atoms with Crippen molar-refractivity contribution in [1.29, 1.82) is 0 Å². The number of hydrogen-bond donors (Lipinski definition) is 1. The van der Waals surface area contributed by atoms with Crippen molar-refractivity contribution < 1.29 is 4.79 Å². The van der Waals surface area contributed by atoms with Gasteiger partial charge in [0.2, 0.25) is 0 Å². The van der Waals surface area contributed by atoms with E-state index in [-0.39, 0.29) is 11.9 Å². The SMILES string of the molecule is CC(NC(=O)c1nn(C)c2ccccc12)c1ccccc1. The van der Waals surface area contributed by atoms with Crippen LogP contribution in [0.15, 0.2) is 54.6 Å². The van der Waals surface area contributed by atoms with Gasteiger partial charge in [-0.2, -0.15) is 5.10 Å². The number of nitrogens with one attached hydrogen (secondary N) is 1. The predicted molar refractivity (Wildman–Crippen MR) is 83.0 cm³/mol. The maximum absolute atomic E-state index is 12.5. The van der Waals surface area contributed by atoms with Gasteiger partial charge in [0.05, 0.1) is 11.6 Å². The normalized spacial score (nSPS) is 12.3. The molecule has 106 valence electrons. The van der Waals surface area contributed by atoms with E-state index in [0.29, 0.717) is 5.69 Å². The molecule has 0 radical (unpaired) electrons. The first kappa shape index (κ1) is 13.4. The van der Waals surface area contributed by atoms with Crippen LogP contribution in [0.3, 0.4) is 0 Å². The van der Waals surface area contributed by atoms with Gasteiger partial charge in [0.1, 0.15) is 0 Å².